The molecule has 0 bridgehead atoms. The van der Waals surface area contributed by atoms with Gasteiger partial charge in [-0.05, 0) is 43.2 Å². The molecule has 0 radical (unpaired) electrons. The highest BCUT2D eigenvalue weighted by Crippen LogP contribution is 2.44. The normalized spacial score (nSPS) is 20.7. The van der Waals surface area contributed by atoms with Crippen LogP contribution in [-0.2, 0) is 10.4 Å². The highest BCUT2D eigenvalue weighted by atomic mass is 35.5. The maximum Gasteiger partial charge on any atom is 0.265 e. The van der Waals surface area contributed by atoms with Crippen LogP contribution in [0.3, 0.4) is 0 Å². The van der Waals surface area contributed by atoms with Crippen molar-refractivity contribution in [1.82, 2.24) is 0 Å². The molecule has 2 N–H and O–H groups in total. The molecule has 102 valence electrons. The first-order valence-corrected chi connectivity index (χ1v) is 6.73. The summed E-state index contributed by atoms with van der Waals surface area (Å²) in [5, 5.41) is 14.1. The van der Waals surface area contributed by atoms with E-state index >= 15 is 0 Å². The van der Waals surface area contributed by atoms with Gasteiger partial charge >= 0.3 is 0 Å². The molecule has 0 fully saturated rings. The van der Waals surface area contributed by atoms with Gasteiger partial charge in [0.2, 0.25) is 0 Å². The van der Waals surface area contributed by atoms with Crippen molar-refractivity contribution in [2.75, 3.05) is 5.32 Å². The lowest BCUT2D eigenvalue weighted by Crippen LogP contribution is -2.35. The number of aryl methyl sites for hydroxylation is 2. The standard InChI is InChI=1S/C16H14ClNO2/c1-9-7-12-14(8-10(9)2)18-15(19)16(12,20)11-5-3-4-6-13(11)17/h3-8,20H,1-2H3,(H,18,19). The van der Waals surface area contributed by atoms with Gasteiger partial charge in [-0.15, -0.1) is 0 Å². The first-order chi connectivity index (χ1) is 9.44. The van der Waals surface area contributed by atoms with E-state index in [1.807, 2.05) is 26.0 Å². The lowest BCUT2D eigenvalue weighted by molar-refractivity contribution is -0.129. The fourth-order valence-electron chi connectivity index (χ4n) is 2.58. The van der Waals surface area contributed by atoms with Gasteiger partial charge in [-0.25, -0.2) is 0 Å². The van der Waals surface area contributed by atoms with Gasteiger partial charge in [0.1, 0.15) is 0 Å². The molecule has 2 aromatic carbocycles. The summed E-state index contributed by atoms with van der Waals surface area (Å²) >= 11 is 6.16. The van der Waals surface area contributed by atoms with Crippen molar-refractivity contribution in [2.45, 2.75) is 19.4 Å². The van der Waals surface area contributed by atoms with Crippen LogP contribution in [-0.4, -0.2) is 11.0 Å². The number of fused-ring (bicyclic) bond motifs is 1. The lowest BCUT2D eigenvalue weighted by Gasteiger charge is -2.23. The van der Waals surface area contributed by atoms with Crippen molar-refractivity contribution in [3.05, 3.63) is 63.7 Å². The molecule has 3 rings (SSSR count). The molecule has 0 spiro atoms. The number of rotatable bonds is 1. The maximum absolute atomic E-state index is 12.3. The molecular weight excluding hydrogens is 274 g/mol. The van der Waals surface area contributed by atoms with E-state index in [-0.39, 0.29) is 0 Å². The van der Waals surface area contributed by atoms with Gasteiger partial charge in [-0.3, -0.25) is 4.79 Å². The third kappa shape index (κ3) is 1.67. The van der Waals surface area contributed by atoms with E-state index in [1.54, 1.807) is 24.3 Å². The fourth-order valence-corrected chi connectivity index (χ4v) is 2.85. The Bertz CT molecular complexity index is 726. The van der Waals surface area contributed by atoms with Crippen LogP contribution in [0.15, 0.2) is 36.4 Å². The number of anilines is 1. The summed E-state index contributed by atoms with van der Waals surface area (Å²) in [5.41, 5.74) is 1.95. The van der Waals surface area contributed by atoms with E-state index < -0.39 is 11.5 Å². The summed E-state index contributed by atoms with van der Waals surface area (Å²) in [7, 11) is 0. The lowest BCUT2D eigenvalue weighted by atomic mass is 9.86. The van der Waals surface area contributed by atoms with Gasteiger partial charge in [0.15, 0.2) is 5.60 Å². The average Bonchev–Trinajstić information content (AvgIpc) is 2.64. The smallest absolute Gasteiger partial charge is 0.265 e. The highest BCUT2D eigenvalue weighted by molar-refractivity contribution is 6.32. The second-order valence-corrected chi connectivity index (χ2v) is 5.53. The third-order valence-corrected chi connectivity index (χ3v) is 4.19. The summed E-state index contributed by atoms with van der Waals surface area (Å²) in [4.78, 5) is 12.3. The van der Waals surface area contributed by atoms with Gasteiger partial charge in [0, 0.05) is 21.8 Å². The minimum absolute atomic E-state index is 0.372. The molecule has 0 saturated heterocycles. The predicted molar refractivity (Wildman–Crippen MR) is 79.0 cm³/mol. The molecule has 1 aliphatic heterocycles. The average molecular weight is 288 g/mol. The van der Waals surface area contributed by atoms with Gasteiger partial charge < -0.3 is 10.4 Å². The van der Waals surface area contributed by atoms with Crippen LogP contribution < -0.4 is 5.32 Å². The number of hydrogen-bond acceptors (Lipinski definition) is 2. The monoisotopic (exact) mass is 287 g/mol. The molecule has 20 heavy (non-hydrogen) atoms. The Morgan fingerprint density at radius 3 is 2.45 bits per heavy atom. The van der Waals surface area contributed by atoms with Crippen LogP contribution in [0.25, 0.3) is 0 Å². The first-order valence-electron chi connectivity index (χ1n) is 6.35. The summed E-state index contributed by atoms with van der Waals surface area (Å²) in [6.45, 7) is 3.92. The number of hydrogen-bond donors (Lipinski definition) is 2. The zero-order chi connectivity index (χ0) is 14.5. The van der Waals surface area contributed by atoms with Crippen molar-refractivity contribution in [2.24, 2.45) is 0 Å². The number of carbonyl (C=O) groups is 1. The predicted octanol–water partition coefficient (Wildman–Crippen LogP) is 3.14. The Labute approximate surface area is 122 Å². The molecule has 2 aromatic rings. The molecule has 0 aromatic heterocycles. The van der Waals surface area contributed by atoms with E-state index in [2.05, 4.69) is 5.32 Å². The molecule has 1 unspecified atom stereocenters. The van der Waals surface area contributed by atoms with Crippen LogP contribution >= 0.6 is 11.6 Å². The largest absolute Gasteiger partial charge is 0.372 e. The number of aliphatic hydroxyl groups is 1. The first kappa shape index (κ1) is 13.2. The molecule has 4 heteroatoms. The molecule has 1 heterocycles. The summed E-state index contributed by atoms with van der Waals surface area (Å²) < 4.78 is 0. The van der Waals surface area contributed by atoms with Crippen LogP contribution in [0.1, 0.15) is 22.3 Å². The molecule has 0 aliphatic carbocycles. The Hall–Kier alpha value is -1.84. The van der Waals surface area contributed by atoms with Crippen molar-refractivity contribution in [3.63, 3.8) is 0 Å². The Morgan fingerprint density at radius 2 is 1.75 bits per heavy atom. The van der Waals surface area contributed by atoms with Crippen molar-refractivity contribution in [1.29, 1.82) is 0 Å². The van der Waals surface area contributed by atoms with Crippen LogP contribution in [0.5, 0.6) is 0 Å². The third-order valence-electron chi connectivity index (χ3n) is 3.86. The molecular formula is C16H14ClNO2. The fraction of sp³-hybridized carbons (Fsp3) is 0.188. The number of amides is 1. The summed E-state index contributed by atoms with van der Waals surface area (Å²) in [6.07, 6.45) is 0. The summed E-state index contributed by atoms with van der Waals surface area (Å²) in [6, 6.07) is 10.6. The second kappa shape index (κ2) is 4.33. The van der Waals surface area contributed by atoms with Gasteiger partial charge in [0.05, 0.1) is 0 Å². The topological polar surface area (TPSA) is 49.3 Å². The Balaban J connectivity index is 2.29. The minimum atomic E-state index is -1.73. The number of halogens is 1. The van der Waals surface area contributed by atoms with E-state index in [1.165, 1.54) is 0 Å². The summed E-state index contributed by atoms with van der Waals surface area (Å²) in [5.74, 6) is -0.467. The van der Waals surface area contributed by atoms with Crippen LogP contribution in [0.2, 0.25) is 5.02 Å². The zero-order valence-electron chi connectivity index (χ0n) is 11.2. The molecule has 1 atom stereocenters. The van der Waals surface area contributed by atoms with E-state index in [0.29, 0.717) is 21.8 Å². The van der Waals surface area contributed by atoms with E-state index in [0.717, 1.165) is 11.1 Å². The second-order valence-electron chi connectivity index (χ2n) is 5.13. The molecule has 3 nitrogen and oxygen atoms in total. The number of benzene rings is 2. The van der Waals surface area contributed by atoms with Crippen LogP contribution in [0.4, 0.5) is 5.69 Å². The van der Waals surface area contributed by atoms with Crippen molar-refractivity contribution < 1.29 is 9.90 Å². The molecule has 0 saturated carbocycles. The SMILES string of the molecule is Cc1cc2c(cc1C)C(O)(c1ccccc1Cl)C(=O)N2. The molecule has 1 aliphatic rings. The van der Waals surface area contributed by atoms with E-state index in [4.69, 9.17) is 11.6 Å². The Kier molecular flexibility index (Phi) is 2.85. The highest BCUT2D eigenvalue weighted by Gasteiger charge is 2.48. The van der Waals surface area contributed by atoms with Crippen LogP contribution in [0, 0.1) is 13.8 Å². The number of nitrogens with one attached hydrogen (secondary N) is 1. The van der Waals surface area contributed by atoms with Gasteiger partial charge in [0.25, 0.3) is 5.91 Å². The molecule has 1 amide bonds. The van der Waals surface area contributed by atoms with Crippen molar-refractivity contribution in [3.8, 4) is 0 Å². The minimum Gasteiger partial charge on any atom is -0.372 e. The Morgan fingerprint density at radius 1 is 1.10 bits per heavy atom. The number of carbonyl (C=O) groups excluding carboxylic acids is 1. The zero-order valence-corrected chi connectivity index (χ0v) is 12.0. The van der Waals surface area contributed by atoms with Gasteiger partial charge in [-0.1, -0.05) is 29.8 Å². The van der Waals surface area contributed by atoms with E-state index in [9.17, 15) is 9.90 Å². The maximum atomic E-state index is 12.3. The van der Waals surface area contributed by atoms with Crippen molar-refractivity contribution >= 4 is 23.2 Å². The quantitative estimate of drug-likeness (QED) is 0.846. The van der Waals surface area contributed by atoms with Gasteiger partial charge in [-0.2, -0.15) is 0 Å².